The summed E-state index contributed by atoms with van der Waals surface area (Å²) in [6, 6.07) is 5.32. The number of amides is 1. The summed E-state index contributed by atoms with van der Waals surface area (Å²) in [5, 5.41) is 16.2. The van der Waals surface area contributed by atoms with Crippen molar-refractivity contribution in [3.63, 3.8) is 0 Å². The SMILES string of the molecule is CNc1ccc(C(=O)Nc2ncc([N+](=O)[O-])s2)c(C)c1. The zero-order valence-corrected chi connectivity index (χ0v) is 11.7. The van der Waals surface area contributed by atoms with Crippen LogP contribution in [0.15, 0.2) is 24.4 Å². The minimum absolute atomic E-state index is 0.109. The lowest BCUT2D eigenvalue weighted by atomic mass is 10.1. The number of rotatable bonds is 4. The van der Waals surface area contributed by atoms with E-state index in [1.807, 2.05) is 13.0 Å². The molecule has 2 rings (SSSR count). The van der Waals surface area contributed by atoms with Crippen molar-refractivity contribution in [2.24, 2.45) is 0 Å². The number of carbonyl (C=O) groups excluding carboxylic acids is 1. The van der Waals surface area contributed by atoms with Crippen molar-refractivity contribution in [3.05, 3.63) is 45.6 Å². The second-order valence-corrected chi connectivity index (χ2v) is 5.00. The second-order valence-electron chi connectivity index (χ2n) is 3.99. The molecule has 2 aromatic rings. The highest BCUT2D eigenvalue weighted by atomic mass is 32.1. The van der Waals surface area contributed by atoms with Crippen molar-refractivity contribution in [1.82, 2.24) is 4.98 Å². The molecule has 0 saturated heterocycles. The third-order valence-electron chi connectivity index (χ3n) is 2.65. The minimum atomic E-state index is -0.541. The molecule has 0 unspecified atom stereocenters. The lowest BCUT2D eigenvalue weighted by Gasteiger charge is -2.07. The maximum Gasteiger partial charge on any atom is 0.345 e. The Kier molecular flexibility index (Phi) is 3.94. The summed E-state index contributed by atoms with van der Waals surface area (Å²) >= 11 is 0.823. The van der Waals surface area contributed by atoms with E-state index in [2.05, 4.69) is 15.6 Å². The fourth-order valence-corrected chi connectivity index (χ4v) is 2.27. The van der Waals surface area contributed by atoms with Gasteiger partial charge in [0, 0.05) is 18.3 Å². The molecule has 0 saturated carbocycles. The van der Waals surface area contributed by atoms with Crippen molar-refractivity contribution in [2.75, 3.05) is 17.7 Å². The van der Waals surface area contributed by atoms with Gasteiger partial charge in [-0.2, -0.15) is 0 Å². The van der Waals surface area contributed by atoms with Gasteiger partial charge in [0.05, 0.1) is 4.92 Å². The van der Waals surface area contributed by atoms with Crippen LogP contribution in [0.25, 0.3) is 0 Å². The molecular weight excluding hydrogens is 280 g/mol. The summed E-state index contributed by atoms with van der Waals surface area (Å²) < 4.78 is 0. The molecule has 0 atom stereocenters. The Labute approximate surface area is 118 Å². The highest BCUT2D eigenvalue weighted by Crippen LogP contribution is 2.25. The van der Waals surface area contributed by atoms with Crippen LogP contribution < -0.4 is 10.6 Å². The van der Waals surface area contributed by atoms with E-state index in [1.54, 1.807) is 19.2 Å². The Bertz CT molecular complexity index is 668. The Morgan fingerprint density at radius 1 is 1.45 bits per heavy atom. The van der Waals surface area contributed by atoms with Crippen LogP contribution in [0.3, 0.4) is 0 Å². The molecule has 8 heteroatoms. The molecule has 20 heavy (non-hydrogen) atoms. The molecule has 2 N–H and O–H groups in total. The number of aryl methyl sites for hydroxylation is 1. The molecule has 0 fully saturated rings. The van der Waals surface area contributed by atoms with Crippen LogP contribution in [-0.4, -0.2) is 22.9 Å². The Balaban J connectivity index is 2.17. The number of nitro groups is 1. The van der Waals surface area contributed by atoms with Gasteiger partial charge < -0.3 is 5.32 Å². The van der Waals surface area contributed by atoms with E-state index < -0.39 is 4.92 Å². The summed E-state index contributed by atoms with van der Waals surface area (Å²) in [4.78, 5) is 25.9. The molecule has 0 spiro atoms. The molecule has 104 valence electrons. The number of nitrogens with one attached hydrogen (secondary N) is 2. The summed E-state index contributed by atoms with van der Waals surface area (Å²) in [7, 11) is 1.79. The van der Waals surface area contributed by atoms with Gasteiger partial charge in [0.15, 0.2) is 5.13 Å². The van der Waals surface area contributed by atoms with Gasteiger partial charge in [-0.1, -0.05) is 0 Å². The molecule has 0 aliphatic carbocycles. The number of aromatic nitrogens is 1. The predicted octanol–water partition coefficient (Wildman–Crippen LogP) is 2.65. The lowest BCUT2D eigenvalue weighted by Crippen LogP contribution is -2.13. The molecule has 7 nitrogen and oxygen atoms in total. The number of benzene rings is 1. The zero-order valence-electron chi connectivity index (χ0n) is 10.8. The van der Waals surface area contributed by atoms with Gasteiger partial charge in [0.2, 0.25) is 0 Å². The Morgan fingerprint density at radius 2 is 2.20 bits per heavy atom. The standard InChI is InChI=1S/C12H12N4O3S/c1-7-5-8(13-2)3-4-9(7)11(17)15-12-14-6-10(20-12)16(18)19/h3-6,13H,1-2H3,(H,14,15,17). The third-order valence-corrected chi connectivity index (χ3v) is 3.52. The number of nitrogens with zero attached hydrogens (tertiary/aromatic N) is 2. The van der Waals surface area contributed by atoms with Crippen molar-refractivity contribution >= 4 is 33.1 Å². The number of anilines is 2. The Hall–Kier alpha value is -2.48. The highest BCUT2D eigenvalue weighted by molar-refractivity contribution is 7.18. The molecule has 1 aromatic heterocycles. The average molecular weight is 292 g/mol. The van der Waals surface area contributed by atoms with Crippen molar-refractivity contribution in [2.45, 2.75) is 6.92 Å². The smallest absolute Gasteiger partial charge is 0.345 e. The van der Waals surface area contributed by atoms with Crippen LogP contribution in [-0.2, 0) is 0 Å². The zero-order chi connectivity index (χ0) is 14.7. The largest absolute Gasteiger partial charge is 0.388 e. The minimum Gasteiger partial charge on any atom is -0.388 e. The summed E-state index contributed by atoms with van der Waals surface area (Å²) in [6.45, 7) is 1.82. The van der Waals surface area contributed by atoms with E-state index in [-0.39, 0.29) is 16.0 Å². The van der Waals surface area contributed by atoms with Crippen LogP contribution in [0.4, 0.5) is 15.8 Å². The van der Waals surface area contributed by atoms with Gasteiger partial charge in [-0.05, 0) is 42.0 Å². The van der Waals surface area contributed by atoms with Crippen LogP contribution >= 0.6 is 11.3 Å². The number of hydrogen-bond acceptors (Lipinski definition) is 6. The van der Waals surface area contributed by atoms with Gasteiger partial charge in [-0.15, -0.1) is 0 Å². The quantitative estimate of drug-likeness (QED) is 0.667. The van der Waals surface area contributed by atoms with Gasteiger partial charge in [-0.25, -0.2) is 4.98 Å². The lowest BCUT2D eigenvalue weighted by molar-refractivity contribution is -0.380. The van der Waals surface area contributed by atoms with E-state index >= 15 is 0 Å². The van der Waals surface area contributed by atoms with Gasteiger partial charge in [-0.3, -0.25) is 20.2 Å². The van der Waals surface area contributed by atoms with Gasteiger partial charge in [0.25, 0.3) is 5.91 Å². The van der Waals surface area contributed by atoms with Gasteiger partial charge >= 0.3 is 5.00 Å². The summed E-state index contributed by atoms with van der Waals surface area (Å²) in [5.74, 6) is -0.339. The first-order chi connectivity index (χ1) is 9.51. The third kappa shape index (κ3) is 2.91. The summed E-state index contributed by atoms with van der Waals surface area (Å²) in [6.07, 6.45) is 1.12. The van der Waals surface area contributed by atoms with Crippen LogP contribution in [0.1, 0.15) is 15.9 Å². The molecule has 1 heterocycles. The highest BCUT2D eigenvalue weighted by Gasteiger charge is 2.15. The van der Waals surface area contributed by atoms with Crippen LogP contribution in [0, 0.1) is 17.0 Å². The number of hydrogen-bond donors (Lipinski definition) is 2. The van der Waals surface area contributed by atoms with E-state index in [0.717, 1.165) is 28.8 Å². The molecule has 0 aliphatic rings. The first kappa shape index (κ1) is 13.9. The fraction of sp³-hybridized carbons (Fsp3) is 0.167. The molecular formula is C12H12N4O3S. The van der Waals surface area contributed by atoms with Crippen molar-refractivity contribution in [3.8, 4) is 0 Å². The maximum absolute atomic E-state index is 12.1. The molecule has 0 aliphatic heterocycles. The van der Waals surface area contributed by atoms with E-state index in [4.69, 9.17) is 0 Å². The van der Waals surface area contributed by atoms with E-state index in [1.165, 1.54) is 0 Å². The number of carbonyl (C=O) groups is 1. The Morgan fingerprint density at radius 3 is 2.75 bits per heavy atom. The number of thiazole rings is 1. The fourth-order valence-electron chi connectivity index (χ4n) is 1.65. The monoisotopic (exact) mass is 292 g/mol. The predicted molar refractivity (Wildman–Crippen MR) is 77.4 cm³/mol. The molecule has 1 amide bonds. The first-order valence-corrected chi connectivity index (χ1v) is 6.53. The van der Waals surface area contributed by atoms with Crippen LogP contribution in [0.2, 0.25) is 0 Å². The van der Waals surface area contributed by atoms with Crippen molar-refractivity contribution < 1.29 is 9.72 Å². The van der Waals surface area contributed by atoms with E-state index in [9.17, 15) is 14.9 Å². The summed E-state index contributed by atoms with van der Waals surface area (Å²) in [5.41, 5.74) is 2.21. The topological polar surface area (TPSA) is 97.2 Å². The van der Waals surface area contributed by atoms with Gasteiger partial charge in [0.1, 0.15) is 6.20 Å². The van der Waals surface area contributed by atoms with E-state index in [0.29, 0.717) is 5.56 Å². The second kappa shape index (κ2) is 5.66. The average Bonchev–Trinajstić information content (AvgIpc) is 2.87. The van der Waals surface area contributed by atoms with Crippen LogP contribution in [0.5, 0.6) is 0 Å². The molecule has 1 aromatic carbocycles. The first-order valence-electron chi connectivity index (χ1n) is 5.71. The molecule has 0 bridgehead atoms. The normalized spacial score (nSPS) is 10.1. The molecule has 0 radical (unpaired) electrons. The van der Waals surface area contributed by atoms with Crippen molar-refractivity contribution in [1.29, 1.82) is 0 Å². The maximum atomic E-state index is 12.1.